The van der Waals surface area contributed by atoms with Crippen molar-refractivity contribution in [2.24, 2.45) is 0 Å². The van der Waals surface area contributed by atoms with Gasteiger partial charge in [-0.15, -0.1) is 0 Å². The van der Waals surface area contributed by atoms with Crippen LogP contribution in [0.3, 0.4) is 0 Å². The molecular weight excluding hydrogens is 260 g/mol. The van der Waals surface area contributed by atoms with Crippen LogP contribution in [0.5, 0.6) is 5.75 Å². The van der Waals surface area contributed by atoms with Crippen LogP contribution in [0.4, 0.5) is 0 Å². The van der Waals surface area contributed by atoms with Gasteiger partial charge >= 0.3 is 0 Å². The van der Waals surface area contributed by atoms with Crippen molar-refractivity contribution in [3.05, 3.63) is 64.7 Å². The van der Waals surface area contributed by atoms with E-state index in [1.54, 1.807) is 6.07 Å². The molecule has 0 spiro atoms. The van der Waals surface area contributed by atoms with Crippen LogP contribution in [-0.2, 0) is 0 Å². The minimum Gasteiger partial charge on any atom is -0.508 e. The summed E-state index contributed by atoms with van der Waals surface area (Å²) in [6, 6.07) is 15.5. The first-order valence-electron chi connectivity index (χ1n) is 6.29. The highest BCUT2D eigenvalue weighted by atomic mass is 35.5. The molecule has 0 aliphatic carbocycles. The second kappa shape index (κ2) is 5.21. The third-order valence-electron chi connectivity index (χ3n) is 3.50. The van der Waals surface area contributed by atoms with Crippen molar-refractivity contribution in [1.82, 2.24) is 10.9 Å². The van der Waals surface area contributed by atoms with E-state index in [-0.39, 0.29) is 12.1 Å². The van der Waals surface area contributed by atoms with E-state index in [1.807, 2.05) is 42.5 Å². The molecule has 1 heterocycles. The summed E-state index contributed by atoms with van der Waals surface area (Å²) >= 11 is 6.21. The molecule has 2 aromatic rings. The van der Waals surface area contributed by atoms with Gasteiger partial charge in [0.15, 0.2) is 0 Å². The molecule has 0 amide bonds. The Labute approximate surface area is 117 Å². The van der Waals surface area contributed by atoms with E-state index < -0.39 is 0 Å². The van der Waals surface area contributed by atoms with Crippen LogP contribution in [-0.4, -0.2) is 5.11 Å². The van der Waals surface area contributed by atoms with E-state index in [0.29, 0.717) is 5.75 Å². The highest BCUT2D eigenvalue weighted by Crippen LogP contribution is 2.36. The first kappa shape index (κ1) is 12.5. The topological polar surface area (TPSA) is 44.3 Å². The zero-order valence-electron chi connectivity index (χ0n) is 10.3. The molecule has 1 fully saturated rings. The molecule has 98 valence electrons. The maximum Gasteiger partial charge on any atom is 0.120 e. The molecule has 2 atom stereocenters. The van der Waals surface area contributed by atoms with Crippen molar-refractivity contribution in [1.29, 1.82) is 0 Å². The molecule has 3 nitrogen and oxygen atoms in total. The van der Waals surface area contributed by atoms with Crippen molar-refractivity contribution in [2.45, 2.75) is 18.5 Å². The molecule has 3 N–H and O–H groups in total. The third-order valence-corrected chi connectivity index (χ3v) is 3.84. The molecule has 1 aliphatic rings. The van der Waals surface area contributed by atoms with Gasteiger partial charge in [-0.05, 0) is 24.1 Å². The number of aromatic hydroxyl groups is 1. The predicted molar refractivity (Wildman–Crippen MR) is 75.9 cm³/mol. The van der Waals surface area contributed by atoms with Gasteiger partial charge in [-0.3, -0.25) is 0 Å². The third kappa shape index (κ3) is 2.45. The fraction of sp³-hybridized carbons (Fsp3) is 0.200. The fourth-order valence-corrected chi connectivity index (χ4v) is 2.77. The summed E-state index contributed by atoms with van der Waals surface area (Å²) in [7, 11) is 0. The number of nitrogens with one attached hydrogen (secondary N) is 2. The molecule has 0 bridgehead atoms. The van der Waals surface area contributed by atoms with Crippen LogP contribution >= 0.6 is 11.6 Å². The molecule has 4 heteroatoms. The summed E-state index contributed by atoms with van der Waals surface area (Å²) in [4.78, 5) is 0. The number of phenols is 1. The Morgan fingerprint density at radius 2 is 1.47 bits per heavy atom. The number of para-hydroxylation sites is 1. The Balaban J connectivity index is 1.82. The lowest BCUT2D eigenvalue weighted by Crippen LogP contribution is -2.26. The summed E-state index contributed by atoms with van der Waals surface area (Å²) in [5, 5.41) is 10.7. The summed E-state index contributed by atoms with van der Waals surface area (Å²) in [5.74, 6) is 0.321. The standard InChI is InChI=1S/C15H15ClN2O/c16-12-7-3-1-5-10(12)13-9-14(18-17-13)11-6-2-4-8-15(11)19/h1-8,13-14,17-19H,9H2. The highest BCUT2D eigenvalue weighted by Gasteiger charge is 2.28. The lowest BCUT2D eigenvalue weighted by molar-refractivity contribution is 0.453. The lowest BCUT2D eigenvalue weighted by Gasteiger charge is -2.12. The molecule has 3 rings (SSSR count). The summed E-state index contributed by atoms with van der Waals surface area (Å²) < 4.78 is 0. The van der Waals surface area contributed by atoms with Crippen LogP contribution in [0.25, 0.3) is 0 Å². The first-order valence-corrected chi connectivity index (χ1v) is 6.67. The molecule has 2 unspecified atom stereocenters. The van der Waals surface area contributed by atoms with Gasteiger partial charge in [-0.1, -0.05) is 48.0 Å². The van der Waals surface area contributed by atoms with E-state index in [4.69, 9.17) is 11.6 Å². The monoisotopic (exact) mass is 274 g/mol. The predicted octanol–water partition coefficient (Wildman–Crippen LogP) is 3.33. The lowest BCUT2D eigenvalue weighted by atomic mass is 9.97. The second-order valence-corrected chi connectivity index (χ2v) is 5.12. The van der Waals surface area contributed by atoms with E-state index in [1.165, 1.54) is 0 Å². The number of phenolic OH excluding ortho intramolecular Hbond substituents is 1. The zero-order chi connectivity index (χ0) is 13.2. The number of hydrogen-bond acceptors (Lipinski definition) is 3. The molecule has 0 aromatic heterocycles. The fourth-order valence-electron chi connectivity index (χ4n) is 2.50. The average Bonchev–Trinajstić information content (AvgIpc) is 2.89. The minimum atomic E-state index is 0.0856. The quantitative estimate of drug-likeness (QED) is 0.787. The Hall–Kier alpha value is -1.55. The molecule has 0 radical (unpaired) electrons. The van der Waals surface area contributed by atoms with E-state index in [2.05, 4.69) is 10.9 Å². The number of benzene rings is 2. The largest absolute Gasteiger partial charge is 0.508 e. The van der Waals surface area contributed by atoms with Gasteiger partial charge < -0.3 is 5.11 Å². The van der Waals surface area contributed by atoms with Crippen molar-refractivity contribution >= 4 is 11.6 Å². The van der Waals surface area contributed by atoms with Gasteiger partial charge in [-0.25, -0.2) is 10.9 Å². The molecule has 2 aromatic carbocycles. The Kier molecular flexibility index (Phi) is 3.42. The van der Waals surface area contributed by atoms with Gasteiger partial charge in [0, 0.05) is 16.6 Å². The number of halogens is 1. The number of rotatable bonds is 2. The normalized spacial score (nSPS) is 22.6. The number of hydrogen-bond donors (Lipinski definition) is 3. The molecular formula is C15H15ClN2O. The van der Waals surface area contributed by atoms with Crippen molar-refractivity contribution in [3.8, 4) is 5.75 Å². The Bertz CT molecular complexity index is 536. The van der Waals surface area contributed by atoms with Crippen LogP contribution in [0.15, 0.2) is 48.5 Å². The van der Waals surface area contributed by atoms with Crippen molar-refractivity contribution in [2.75, 3.05) is 0 Å². The van der Waals surface area contributed by atoms with Gasteiger partial charge in [0.25, 0.3) is 0 Å². The maximum atomic E-state index is 9.89. The van der Waals surface area contributed by atoms with E-state index in [9.17, 15) is 5.11 Å². The Morgan fingerprint density at radius 1 is 0.895 bits per heavy atom. The molecule has 1 aliphatic heterocycles. The van der Waals surface area contributed by atoms with Gasteiger partial charge in [0.2, 0.25) is 0 Å². The maximum absolute atomic E-state index is 9.89. The molecule has 0 saturated carbocycles. The van der Waals surface area contributed by atoms with E-state index >= 15 is 0 Å². The summed E-state index contributed by atoms with van der Waals surface area (Å²) in [5.41, 5.74) is 8.45. The summed E-state index contributed by atoms with van der Waals surface area (Å²) in [6.45, 7) is 0. The smallest absolute Gasteiger partial charge is 0.120 e. The van der Waals surface area contributed by atoms with E-state index in [0.717, 1.165) is 22.6 Å². The van der Waals surface area contributed by atoms with Crippen molar-refractivity contribution < 1.29 is 5.11 Å². The van der Waals surface area contributed by atoms with Crippen LogP contribution in [0.2, 0.25) is 5.02 Å². The molecule has 19 heavy (non-hydrogen) atoms. The average molecular weight is 275 g/mol. The first-order chi connectivity index (χ1) is 9.25. The second-order valence-electron chi connectivity index (χ2n) is 4.71. The van der Waals surface area contributed by atoms with Crippen molar-refractivity contribution in [3.63, 3.8) is 0 Å². The molecule has 1 saturated heterocycles. The van der Waals surface area contributed by atoms with Crippen LogP contribution < -0.4 is 10.9 Å². The van der Waals surface area contributed by atoms with Crippen LogP contribution in [0, 0.1) is 0 Å². The number of hydrazine groups is 1. The SMILES string of the molecule is Oc1ccccc1C1CC(c2ccccc2Cl)NN1. The highest BCUT2D eigenvalue weighted by molar-refractivity contribution is 6.31. The van der Waals surface area contributed by atoms with Gasteiger partial charge in [0.05, 0.1) is 6.04 Å². The Morgan fingerprint density at radius 3 is 2.16 bits per heavy atom. The summed E-state index contributed by atoms with van der Waals surface area (Å²) in [6.07, 6.45) is 0.849. The van der Waals surface area contributed by atoms with Gasteiger partial charge in [-0.2, -0.15) is 0 Å². The zero-order valence-corrected chi connectivity index (χ0v) is 11.1. The van der Waals surface area contributed by atoms with Gasteiger partial charge in [0.1, 0.15) is 5.75 Å². The van der Waals surface area contributed by atoms with Crippen LogP contribution in [0.1, 0.15) is 29.6 Å². The minimum absolute atomic E-state index is 0.0856.